The second kappa shape index (κ2) is 10.8. The summed E-state index contributed by atoms with van der Waals surface area (Å²) in [6.45, 7) is 1.38. The normalized spacial score (nSPS) is 11.2. The predicted molar refractivity (Wildman–Crippen MR) is 143 cm³/mol. The van der Waals surface area contributed by atoms with Gasteiger partial charge in [-0.25, -0.2) is 4.98 Å². The summed E-state index contributed by atoms with van der Waals surface area (Å²) in [4.78, 5) is 29.5. The van der Waals surface area contributed by atoms with Crippen molar-refractivity contribution in [2.24, 2.45) is 5.10 Å². The fourth-order valence-corrected chi connectivity index (χ4v) is 4.28. The zero-order chi connectivity index (χ0) is 25.1. The largest absolute Gasteiger partial charge is 0.481 e. The standard InChI is InChI=1S/C24H16BrCl3N4O3/c1-13-30-21-7-2-15(25)10-18(21)24(34)32(13)29-11-14-8-19(27)23(20(28)9-14)35-12-22(33)31-17-5-3-16(26)4-6-17/h2-11H,12H2,1H3,(H,31,33). The van der Waals surface area contributed by atoms with Crippen molar-refractivity contribution < 1.29 is 9.53 Å². The highest BCUT2D eigenvalue weighted by Gasteiger charge is 2.13. The number of hydrogen-bond acceptors (Lipinski definition) is 5. The maximum atomic E-state index is 12.9. The van der Waals surface area contributed by atoms with Crippen LogP contribution in [0.2, 0.25) is 15.1 Å². The van der Waals surface area contributed by atoms with Crippen LogP contribution < -0.4 is 15.6 Å². The molecule has 4 aromatic rings. The lowest BCUT2D eigenvalue weighted by Gasteiger charge is -2.11. The van der Waals surface area contributed by atoms with Crippen molar-refractivity contribution in [1.29, 1.82) is 0 Å². The van der Waals surface area contributed by atoms with Crippen LogP contribution in [0.1, 0.15) is 11.4 Å². The molecule has 0 saturated heterocycles. The zero-order valence-corrected chi connectivity index (χ0v) is 21.9. The van der Waals surface area contributed by atoms with Crippen molar-refractivity contribution in [3.8, 4) is 5.75 Å². The molecule has 178 valence electrons. The van der Waals surface area contributed by atoms with E-state index in [0.717, 1.165) is 4.47 Å². The number of nitrogens with zero attached hydrogens (tertiary/aromatic N) is 3. The Labute approximate surface area is 223 Å². The maximum absolute atomic E-state index is 12.9. The molecule has 1 aromatic heterocycles. The molecule has 4 rings (SSSR count). The fraction of sp³-hybridized carbons (Fsp3) is 0.0833. The number of anilines is 1. The number of halogens is 4. The molecule has 7 nitrogen and oxygen atoms in total. The van der Waals surface area contributed by atoms with Crippen molar-refractivity contribution in [2.75, 3.05) is 11.9 Å². The first-order valence-electron chi connectivity index (χ1n) is 10.1. The minimum absolute atomic E-state index is 0.155. The van der Waals surface area contributed by atoms with E-state index in [1.54, 1.807) is 55.5 Å². The van der Waals surface area contributed by atoms with Gasteiger partial charge >= 0.3 is 0 Å². The Bertz CT molecular complexity index is 1500. The van der Waals surface area contributed by atoms with E-state index in [1.165, 1.54) is 10.9 Å². The number of fused-ring (bicyclic) bond motifs is 1. The molecule has 0 aliphatic carbocycles. The van der Waals surface area contributed by atoms with Crippen LogP contribution in [0.15, 0.2) is 69.0 Å². The molecule has 0 bridgehead atoms. The Morgan fingerprint density at radius 2 is 1.80 bits per heavy atom. The quantitative estimate of drug-likeness (QED) is 0.265. The minimum atomic E-state index is -0.393. The average molecular weight is 595 g/mol. The first-order valence-corrected chi connectivity index (χ1v) is 12.0. The highest BCUT2D eigenvalue weighted by molar-refractivity contribution is 9.10. The molecule has 1 amide bonds. The van der Waals surface area contributed by atoms with E-state index >= 15 is 0 Å². The van der Waals surface area contributed by atoms with Crippen LogP contribution in [-0.2, 0) is 4.79 Å². The summed E-state index contributed by atoms with van der Waals surface area (Å²) in [5.41, 5.74) is 1.37. The van der Waals surface area contributed by atoms with Crippen LogP contribution in [0.4, 0.5) is 5.69 Å². The number of aromatic nitrogens is 2. The van der Waals surface area contributed by atoms with Gasteiger partial charge in [0.05, 0.1) is 27.2 Å². The molecule has 0 unspecified atom stereocenters. The second-order valence-corrected chi connectivity index (χ2v) is 9.51. The summed E-state index contributed by atoms with van der Waals surface area (Å²) >= 11 is 21.9. The zero-order valence-electron chi connectivity index (χ0n) is 18.1. The van der Waals surface area contributed by atoms with Crippen LogP contribution >= 0.6 is 50.7 Å². The van der Waals surface area contributed by atoms with Crippen molar-refractivity contribution in [1.82, 2.24) is 9.66 Å². The number of carbonyl (C=O) groups excluding carboxylic acids is 1. The first kappa shape index (κ1) is 25.2. The highest BCUT2D eigenvalue weighted by atomic mass is 79.9. The lowest BCUT2D eigenvalue weighted by molar-refractivity contribution is -0.118. The second-order valence-electron chi connectivity index (χ2n) is 7.34. The predicted octanol–water partition coefficient (Wildman–Crippen LogP) is 6.33. The van der Waals surface area contributed by atoms with Crippen LogP contribution in [0.25, 0.3) is 10.9 Å². The van der Waals surface area contributed by atoms with Crippen molar-refractivity contribution >= 4 is 79.4 Å². The summed E-state index contributed by atoms with van der Waals surface area (Å²) < 4.78 is 7.48. The Morgan fingerprint density at radius 1 is 1.11 bits per heavy atom. The van der Waals surface area contributed by atoms with Gasteiger partial charge in [-0.1, -0.05) is 50.7 Å². The molecule has 0 fully saturated rings. The molecule has 11 heteroatoms. The van der Waals surface area contributed by atoms with E-state index in [0.29, 0.717) is 33.0 Å². The van der Waals surface area contributed by atoms with Gasteiger partial charge in [0.15, 0.2) is 12.4 Å². The van der Waals surface area contributed by atoms with E-state index in [-0.39, 0.29) is 28.0 Å². The fourth-order valence-electron chi connectivity index (χ4n) is 3.18. The lowest BCUT2D eigenvalue weighted by Crippen LogP contribution is -2.20. The summed E-state index contributed by atoms with van der Waals surface area (Å²) in [6.07, 6.45) is 1.44. The van der Waals surface area contributed by atoms with E-state index in [4.69, 9.17) is 39.5 Å². The SMILES string of the molecule is Cc1nc2ccc(Br)cc2c(=O)n1N=Cc1cc(Cl)c(OCC(=O)Nc2ccc(Cl)cc2)c(Cl)c1. The molecule has 0 aliphatic heterocycles. The van der Waals surface area contributed by atoms with Gasteiger partial charge in [0.1, 0.15) is 5.82 Å². The Kier molecular flexibility index (Phi) is 7.76. The smallest absolute Gasteiger partial charge is 0.282 e. The molecule has 1 N–H and O–H groups in total. The van der Waals surface area contributed by atoms with E-state index in [2.05, 4.69) is 31.3 Å². The molecule has 3 aromatic carbocycles. The van der Waals surface area contributed by atoms with Crippen LogP contribution in [0.5, 0.6) is 5.75 Å². The number of ether oxygens (including phenoxy) is 1. The highest BCUT2D eigenvalue weighted by Crippen LogP contribution is 2.34. The van der Waals surface area contributed by atoms with Gasteiger partial charge in [0.25, 0.3) is 11.5 Å². The Hall–Kier alpha value is -2.91. The molecular weight excluding hydrogens is 579 g/mol. The van der Waals surface area contributed by atoms with Gasteiger partial charge in [-0.05, 0) is 67.1 Å². The number of rotatable bonds is 6. The molecule has 0 radical (unpaired) electrons. The number of benzene rings is 3. The number of carbonyl (C=O) groups is 1. The molecule has 0 aliphatic rings. The van der Waals surface area contributed by atoms with E-state index in [9.17, 15) is 9.59 Å². The third kappa shape index (κ3) is 6.02. The lowest BCUT2D eigenvalue weighted by atomic mass is 10.2. The molecule has 0 saturated carbocycles. The molecule has 0 spiro atoms. The Balaban J connectivity index is 1.50. The number of aryl methyl sites for hydroxylation is 1. The van der Waals surface area contributed by atoms with Crippen molar-refractivity contribution in [3.05, 3.63) is 95.9 Å². The first-order chi connectivity index (χ1) is 16.7. The summed E-state index contributed by atoms with van der Waals surface area (Å²) in [5.74, 6) is 0.183. The number of amides is 1. The van der Waals surface area contributed by atoms with Crippen LogP contribution in [0.3, 0.4) is 0 Å². The average Bonchev–Trinajstić information content (AvgIpc) is 2.80. The van der Waals surface area contributed by atoms with Crippen molar-refractivity contribution in [2.45, 2.75) is 6.92 Å². The molecule has 35 heavy (non-hydrogen) atoms. The van der Waals surface area contributed by atoms with Gasteiger partial charge in [-0.3, -0.25) is 9.59 Å². The van der Waals surface area contributed by atoms with Gasteiger partial charge in [0.2, 0.25) is 0 Å². The van der Waals surface area contributed by atoms with Gasteiger partial charge in [0, 0.05) is 15.2 Å². The number of hydrogen-bond donors (Lipinski definition) is 1. The maximum Gasteiger partial charge on any atom is 0.282 e. The molecule has 0 atom stereocenters. The third-order valence-electron chi connectivity index (χ3n) is 4.79. The monoisotopic (exact) mass is 592 g/mol. The summed E-state index contributed by atoms with van der Waals surface area (Å²) in [5, 5.41) is 8.31. The van der Waals surface area contributed by atoms with Gasteiger partial charge < -0.3 is 10.1 Å². The van der Waals surface area contributed by atoms with Crippen LogP contribution in [0, 0.1) is 6.92 Å². The molecular formula is C24H16BrCl3N4O3. The van der Waals surface area contributed by atoms with Crippen molar-refractivity contribution in [3.63, 3.8) is 0 Å². The molecule has 1 heterocycles. The third-order valence-corrected chi connectivity index (χ3v) is 6.10. The minimum Gasteiger partial charge on any atom is -0.481 e. The number of nitrogens with one attached hydrogen (secondary N) is 1. The summed E-state index contributed by atoms with van der Waals surface area (Å²) in [6, 6.07) is 15.1. The topological polar surface area (TPSA) is 85.6 Å². The van der Waals surface area contributed by atoms with Crippen LogP contribution in [-0.4, -0.2) is 28.4 Å². The summed E-state index contributed by atoms with van der Waals surface area (Å²) in [7, 11) is 0. The Morgan fingerprint density at radius 3 is 2.49 bits per heavy atom. The van der Waals surface area contributed by atoms with Gasteiger partial charge in [-0.15, -0.1) is 0 Å². The van der Waals surface area contributed by atoms with E-state index < -0.39 is 5.91 Å². The van der Waals surface area contributed by atoms with E-state index in [1.807, 2.05) is 6.07 Å². The van der Waals surface area contributed by atoms with Gasteiger partial charge in [-0.2, -0.15) is 9.78 Å².